The Labute approximate surface area is 73.3 Å². The van der Waals surface area contributed by atoms with Gasteiger partial charge in [0.2, 0.25) is 0 Å². The number of hydrogen-bond acceptors (Lipinski definition) is 2. The van der Waals surface area contributed by atoms with Gasteiger partial charge in [-0.2, -0.15) is 0 Å². The molecule has 0 spiro atoms. The number of benzene rings is 1. The van der Waals surface area contributed by atoms with Crippen molar-refractivity contribution < 1.29 is 9.76 Å². The first kappa shape index (κ1) is 9.14. The maximum atomic E-state index is 9.26. The van der Waals surface area contributed by atoms with Crippen molar-refractivity contribution in [2.75, 3.05) is 6.61 Å². The molecule has 0 saturated carbocycles. The van der Waals surface area contributed by atoms with Gasteiger partial charge in [-0.15, -0.1) is 0 Å². The smallest absolute Gasteiger partial charge is 0.320 e. The molecule has 0 fully saturated rings. The normalized spacial score (nSPS) is 9.58. The highest BCUT2D eigenvalue weighted by atomic mass is 16.5. The molecule has 0 aliphatic heterocycles. The first-order valence-corrected chi connectivity index (χ1v) is 4.15. The topological polar surface area (TPSA) is 29.5 Å². The van der Waals surface area contributed by atoms with Crippen LogP contribution in [0, 0.1) is 0 Å². The molecule has 0 radical (unpaired) electrons. The zero-order chi connectivity index (χ0) is 8.97. The Balaban J connectivity index is 2.81. The molecule has 64 valence electrons. The van der Waals surface area contributed by atoms with Crippen molar-refractivity contribution in [2.45, 2.75) is 13.7 Å². The molecule has 1 aromatic rings. The van der Waals surface area contributed by atoms with E-state index in [0.29, 0.717) is 6.61 Å². The number of rotatable bonds is 3. The average molecular weight is 164 g/mol. The van der Waals surface area contributed by atoms with Crippen LogP contribution >= 0.6 is 0 Å². The van der Waals surface area contributed by atoms with E-state index in [4.69, 9.17) is 4.74 Å². The highest BCUT2D eigenvalue weighted by Crippen LogP contribution is 2.06. The monoisotopic (exact) mass is 164 g/mol. The largest absolute Gasteiger partial charge is 0.494 e. The minimum Gasteiger partial charge on any atom is -0.494 e. The fourth-order valence-corrected chi connectivity index (χ4v) is 1.03. The van der Waals surface area contributed by atoms with Crippen LogP contribution in [0.4, 0.5) is 0 Å². The van der Waals surface area contributed by atoms with Gasteiger partial charge in [0.15, 0.2) is 0 Å². The van der Waals surface area contributed by atoms with E-state index in [1.54, 1.807) is 6.82 Å². The van der Waals surface area contributed by atoms with E-state index in [-0.39, 0.29) is 0 Å². The van der Waals surface area contributed by atoms with Crippen LogP contribution in [-0.2, 0) is 0 Å². The van der Waals surface area contributed by atoms with Crippen molar-refractivity contribution >= 4 is 12.4 Å². The molecular formula is C9H13BO2. The molecule has 1 rings (SSSR count). The maximum Gasteiger partial charge on any atom is 0.320 e. The fourth-order valence-electron chi connectivity index (χ4n) is 1.03. The van der Waals surface area contributed by atoms with Crippen LogP contribution < -0.4 is 10.2 Å². The highest BCUT2D eigenvalue weighted by Gasteiger charge is 2.06. The van der Waals surface area contributed by atoms with Crippen molar-refractivity contribution in [3.8, 4) is 5.75 Å². The van der Waals surface area contributed by atoms with E-state index in [9.17, 15) is 5.02 Å². The molecule has 3 heteroatoms. The molecule has 0 bridgehead atoms. The highest BCUT2D eigenvalue weighted by molar-refractivity contribution is 6.64. The van der Waals surface area contributed by atoms with Crippen molar-refractivity contribution in [1.82, 2.24) is 0 Å². The standard InChI is InChI=1S/C9H13BO2/c1-3-12-9-6-4-5-8(7-9)10(2)11/h4-7,11H,3H2,1-2H3. The molecule has 0 aromatic heterocycles. The Morgan fingerprint density at radius 1 is 1.50 bits per heavy atom. The lowest BCUT2D eigenvalue weighted by Gasteiger charge is -2.05. The summed E-state index contributed by atoms with van der Waals surface area (Å²) in [5.41, 5.74) is 0.890. The third-order valence-electron chi connectivity index (χ3n) is 1.65. The van der Waals surface area contributed by atoms with Gasteiger partial charge in [-0.1, -0.05) is 19.0 Å². The number of ether oxygens (including phenoxy) is 1. The summed E-state index contributed by atoms with van der Waals surface area (Å²) in [6, 6.07) is 7.50. The summed E-state index contributed by atoms with van der Waals surface area (Å²) in [7, 11) is 0. The van der Waals surface area contributed by atoms with Crippen LogP contribution in [0.25, 0.3) is 0 Å². The predicted molar refractivity (Wildman–Crippen MR) is 51.1 cm³/mol. The minimum absolute atomic E-state index is 0.426. The first-order chi connectivity index (χ1) is 5.74. The molecular weight excluding hydrogens is 151 g/mol. The summed E-state index contributed by atoms with van der Waals surface area (Å²) >= 11 is 0. The molecule has 1 N–H and O–H groups in total. The van der Waals surface area contributed by atoms with Gasteiger partial charge < -0.3 is 9.76 Å². The minimum atomic E-state index is -0.426. The first-order valence-electron chi connectivity index (χ1n) is 4.15. The third kappa shape index (κ3) is 2.27. The second-order valence-corrected chi connectivity index (χ2v) is 2.68. The molecule has 0 aliphatic carbocycles. The van der Waals surface area contributed by atoms with Crippen LogP contribution in [0.5, 0.6) is 5.75 Å². The van der Waals surface area contributed by atoms with E-state index in [0.717, 1.165) is 11.2 Å². The second kappa shape index (κ2) is 4.17. The van der Waals surface area contributed by atoms with E-state index < -0.39 is 6.92 Å². The zero-order valence-electron chi connectivity index (χ0n) is 7.45. The van der Waals surface area contributed by atoms with Crippen molar-refractivity contribution in [3.05, 3.63) is 24.3 Å². The Morgan fingerprint density at radius 2 is 2.25 bits per heavy atom. The third-order valence-corrected chi connectivity index (χ3v) is 1.65. The quantitative estimate of drug-likeness (QED) is 0.672. The van der Waals surface area contributed by atoms with Crippen molar-refractivity contribution in [1.29, 1.82) is 0 Å². The molecule has 0 atom stereocenters. The van der Waals surface area contributed by atoms with Crippen molar-refractivity contribution in [2.24, 2.45) is 0 Å². The van der Waals surface area contributed by atoms with E-state index >= 15 is 0 Å². The van der Waals surface area contributed by atoms with E-state index in [1.807, 2.05) is 31.2 Å². The van der Waals surface area contributed by atoms with Gasteiger partial charge in [-0.05, 0) is 24.5 Å². The van der Waals surface area contributed by atoms with Crippen LogP contribution in [0.1, 0.15) is 6.92 Å². The lowest BCUT2D eigenvalue weighted by molar-refractivity contribution is 0.340. The SMILES string of the molecule is CCOc1cccc(B(C)O)c1. The van der Waals surface area contributed by atoms with Crippen LogP contribution in [-0.4, -0.2) is 18.5 Å². The molecule has 0 saturated heterocycles. The lowest BCUT2D eigenvalue weighted by atomic mass is 9.64. The summed E-state index contributed by atoms with van der Waals surface area (Å²) in [6.45, 7) is 3.91. The Bertz CT molecular complexity index is 248. The van der Waals surface area contributed by atoms with Gasteiger partial charge in [0.1, 0.15) is 5.75 Å². The average Bonchev–Trinajstić information content (AvgIpc) is 2.05. The molecule has 0 heterocycles. The van der Waals surface area contributed by atoms with Gasteiger partial charge in [-0.3, -0.25) is 0 Å². The summed E-state index contributed by atoms with van der Waals surface area (Å²) in [5.74, 6) is 0.816. The number of hydrogen-bond donors (Lipinski definition) is 1. The summed E-state index contributed by atoms with van der Waals surface area (Å²) < 4.78 is 5.29. The summed E-state index contributed by atoms with van der Waals surface area (Å²) in [6.07, 6.45) is 0. The summed E-state index contributed by atoms with van der Waals surface area (Å²) in [5, 5.41) is 9.26. The summed E-state index contributed by atoms with van der Waals surface area (Å²) in [4.78, 5) is 0. The second-order valence-electron chi connectivity index (χ2n) is 2.68. The Kier molecular flexibility index (Phi) is 3.17. The zero-order valence-corrected chi connectivity index (χ0v) is 7.45. The van der Waals surface area contributed by atoms with Crippen LogP contribution in [0.3, 0.4) is 0 Å². The maximum absolute atomic E-state index is 9.26. The molecule has 2 nitrogen and oxygen atoms in total. The fraction of sp³-hybridized carbons (Fsp3) is 0.333. The van der Waals surface area contributed by atoms with Gasteiger partial charge in [0.25, 0.3) is 0 Å². The predicted octanol–water partition coefficient (Wildman–Crippen LogP) is 0.906. The van der Waals surface area contributed by atoms with E-state index in [2.05, 4.69) is 0 Å². The van der Waals surface area contributed by atoms with E-state index in [1.165, 1.54) is 0 Å². The van der Waals surface area contributed by atoms with Gasteiger partial charge in [-0.25, -0.2) is 0 Å². The Morgan fingerprint density at radius 3 is 2.83 bits per heavy atom. The van der Waals surface area contributed by atoms with Crippen molar-refractivity contribution in [3.63, 3.8) is 0 Å². The van der Waals surface area contributed by atoms with Gasteiger partial charge in [0, 0.05) is 0 Å². The molecule has 0 aliphatic rings. The van der Waals surface area contributed by atoms with Crippen LogP contribution in [0.15, 0.2) is 24.3 Å². The molecule has 1 aromatic carbocycles. The molecule has 0 amide bonds. The molecule has 0 unspecified atom stereocenters. The van der Waals surface area contributed by atoms with Crippen LogP contribution in [0.2, 0.25) is 6.82 Å². The molecule has 12 heavy (non-hydrogen) atoms. The van der Waals surface area contributed by atoms with Gasteiger partial charge >= 0.3 is 6.92 Å². The van der Waals surface area contributed by atoms with Gasteiger partial charge in [0.05, 0.1) is 6.61 Å². The lowest BCUT2D eigenvalue weighted by Crippen LogP contribution is -2.25. The Hall–Kier alpha value is -0.955.